The van der Waals surface area contributed by atoms with E-state index in [1.165, 1.54) is 154 Å². The molecule has 0 aliphatic rings. The van der Waals surface area contributed by atoms with Crippen LogP contribution in [0.5, 0.6) is 0 Å². The molecule has 0 rings (SSSR count). The van der Waals surface area contributed by atoms with Crippen LogP contribution in [0.2, 0.25) is 0 Å². The lowest BCUT2D eigenvalue weighted by Crippen LogP contribution is -2.30. The first-order valence-corrected chi connectivity index (χ1v) is 34.5. The number of carbonyl (C=O) groups is 3. The summed E-state index contributed by atoms with van der Waals surface area (Å²) in [4.78, 5) is 38.5. The van der Waals surface area contributed by atoms with Gasteiger partial charge in [0.1, 0.15) is 13.2 Å². The van der Waals surface area contributed by atoms with Gasteiger partial charge in [-0.15, -0.1) is 0 Å². The predicted octanol–water partition coefficient (Wildman–Crippen LogP) is 23.9. The van der Waals surface area contributed by atoms with Crippen LogP contribution in [0.4, 0.5) is 0 Å². The second-order valence-corrected chi connectivity index (χ2v) is 22.7. The monoisotopic (exact) mass is 1140 g/mol. The van der Waals surface area contributed by atoms with E-state index in [4.69, 9.17) is 14.2 Å². The lowest BCUT2D eigenvalue weighted by Gasteiger charge is -2.18. The van der Waals surface area contributed by atoms with Crippen molar-refractivity contribution in [3.05, 3.63) is 122 Å². The molecule has 0 radical (unpaired) electrons. The quantitative estimate of drug-likeness (QED) is 0.0261. The van der Waals surface area contributed by atoms with Crippen molar-refractivity contribution in [3.8, 4) is 0 Å². The van der Waals surface area contributed by atoms with E-state index in [9.17, 15) is 14.4 Å². The van der Waals surface area contributed by atoms with Crippen LogP contribution in [-0.4, -0.2) is 37.2 Å². The number of carbonyl (C=O) groups excluding carboxylic acids is 3. The number of allylic oxidation sites excluding steroid dienone is 20. The van der Waals surface area contributed by atoms with Crippen molar-refractivity contribution >= 4 is 17.9 Å². The van der Waals surface area contributed by atoms with Crippen molar-refractivity contribution < 1.29 is 28.6 Å². The van der Waals surface area contributed by atoms with Crippen LogP contribution >= 0.6 is 0 Å². The highest BCUT2D eigenvalue weighted by molar-refractivity contribution is 5.71. The Morgan fingerprint density at radius 1 is 0.256 bits per heavy atom. The normalized spacial score (nSPS) is 12.9. The maximum Gasteiger partial charge on any atom is 0.306 e. The van der Waals surface area contributed by atoms with E-state index in [1.54, 1.807) is 0 Å². The van der Waals surface area contributed by atoms with E-state index in [0.29, 0.717) is 19.3 Å². The molecule has 0 bridgehead atoms. The molecule has 0 amide bonds. The highest BCUT2D eigenvalue weighted by atomic mass is 16.6. The minimum Gasteiger partial charge on any atom is -0.462 e. The zero-order chi connectivity index (χ0) is 59.2. The van der Waals surface area contributed by atoms with Crippen LogP contribution in [0, 0.1) is 0 Å². The van der Waals surface area contributed by atoms with Gasteiger partial charge in [0.05, 0.1) is 0 Å². The van der Waals surface area contributed by atoms with Gasteiger partial charge in [-0.05, 0) is 135 Å². The third-order valence-electron chi connectivity index (χ3n) is 14.7. The Hall–Kier alpha value is -4.19. The number of hydrogen-bond donors (Lipinski definition) is 0. The first-order chi connectivity index (χ1) is 40.5. The van der Waals surface area contributed by atoms with Gasteiger partial charge in [-0.3, -0.25) is 14.4 Å². The maximum absolute atomic E-state index is 13.0. The van der Waals surface area contributed by atoms with E-state index in [1.807, 2.05) is 0 Å². The van der Waals surface area contributed by atoms with Gasteiger partial charge in [-0.25, -0.2) is 0 Å². The van der Waals surface area contributed by atoms with E-state index < -0.39 is 6.10 Å². The zero-order valence-corrected chi connectivity index (χ0v) is 53.7. The Bertz CT molecular complexity index is 1690. The van der Waals surface area contributed by atoms with Gasteiger partial charge in [0, 0.05) is 19.3 Å². The number of hydrogen-bond acceptors (Lipinski definition) is 6. The van der Waals surface area contributed by atoms with Crippen molar-refractivity contribution in [1.29, 1.82) is 0 Å². The maximum atomic E-state index is 13.0. The first-order valence-electron chi connectivity index (χ1n) is 34.5. The first kappa shape index (κ1) is 77.8. The highest BCUT2D eigenvalue weighted by Gasteiger charge is 2.19. The van der Waals surface area contributed by atoms with Crippen LogP contribution < -0.4 is 0 Å². The van der Waals surface area contributed by atoms with Crippen molar-refractivity contribution in [2.75, 3.05) is 13.2 Å². The van der Waals surface area contributed by atoms with E-state index in [0.717, 1.165) is 128 Å². The molecule has 468 valence electrons. The summed E-state index contributed by atoms with van der Waals surface area (Å²) >= 11 is 0. The van der Waals surface area contributed by atoms with Crippen LogP contribution in [0.25, 0.3) is 0 Å². The van der Waals surface area contributed by atoms with Gasteiger partial charge >= 0.3 is 17.9 Å². The van der Waals surface area contributed by atoms with Gasteiger partial charge < -0.3 is 14.2 Å². The molecule has 0 aliphatic heterocycles. The molecular weight excluding hydrogens is 1010 g/mol. The predicted molar refractivity (Wildman–Crippen MR) is 357 cm³/mol. The Morgan fingerprint density at radius 3 is 0.756 bits per heavy atom. The summed E-state index contributed by atoms with van der Waals surface area (Å²) in [6.45, 7) is 6.51. The molecule has 6 heteroatoms. The fraction of sp³-hybridized carbons (Fsp3) is 0.697. The summed E-state index contributed by atoms with van der Waals surface area (Å²) < 4.78 is 17.0. The SMILES string of the molecule is CC/C=C\C/C=C\C/C=C\C/C=C\C/C=C\C/C=C\CCCCCCC(=O)OCC(COC(=O)CCCCCCCCC/C=C\CCCCCCCCC)OC(=O)CCCCCCCCCC/C=C\C/C=C\C/C=C\CCCCCCC. The average Bonchev–Trinajstić information content (AvgIpc) is 3.47. The molecule has 0 aromatic carbocycles. The fourth-order valence-electron chi connectivity index (χ4n) is 9.51. The minimum absolute atomic E-state index is 0.0933. The Morgan fingerprint density at radius 2 is 0.476 bits per heavy atom. The highest BCUT2D eigenvalue weighted by Crippen LogP contribution is 2.16. The minimum atomic E-state index is -0.801. The summed E-state index contributed by atoms with van der Waals surface area (Å²) in [6, 6.07) is 0. The van der Waals surface area contributed by atoms with Gasteiger partial charge in [0.15, 0.2) is 6.10 Å². The van der Waals surface area contributed by atoms with Crippen molar-refractivity contribution in [2.24, 2.45) is 0 Å². The second kappa shape index (κ2) is 69.3. The molecule has 82 heavy (non-hydrogen) atoms. The molecule has 0 aromatic heterocycles. The Labute approximate surface area is 507 Å². The molecule has 0 spiro atoms. The molecule has 1 atom stereocenters. The average molecular weight is 1140 g/mol. The van der Waals surface area contributed by atoms with Crippen LogP contribution in [0.3, 0.4) is 0 Å². The fourth-order valence-corrected chi connectivity index (χ4v) is 9.51. The smallest absolute Gasteiger partial charge is 0.306 e. The standard InChI is InChI=1S/C76H128O6/c1-4-7-10-13-16-19-22-25-28-31-34-36-38-40-42-45-48-51-54-57-60-63-66-69-75(78)81-72-73(71-80-74(77)68-65-62-59-56-53-50-47-44-33-30-27-24-21-18-15-12-9-6-3)82-76(79)70-67-64-61-58-55-52-49-46-43-41-39-37-35-32-29-26-23-20-17-14-11-8-5-2/h7,10,16,19,23,25-26,28,30,32-36,39-42,48,51,73H,4-6,8-9,11-15,17-18,20-22,24,27,29,31,37-38,43-47,49-50,52-72H2,1-3H3/b10-7-,19-16-,26-23-,28-25-,33-30-,35-32-,36-34-,41-39-,42-40-,51-48-. The summed E-state index contributed by atoms with van der Waals surface area (Å²) in [5.74, 6) is -0.921. The molecule has 0 fully saturated rings. The topological polar surface area (TPSA) is 78.9 Å². The Balaban J connectivity index is 4.47. The van der Waals surface area contributed by atoms with E-state index in [2.05, 4.69) is 142 Å². The lowest BCUT2D eigenvalue weighted by atomic mass is 10.1. The van der Waals surface area contributed by atoms with Crippen LogP contribution in [0.15, 0.2) is 122 Å². The third kappa shape index (κ3) is 66.6. The zero-order valence-electron chi connectivity index (χ0n) is 53.7. The molecule has 0 aliphatic carbocycles. The second-order valence-electron chi connectivity index (χ2n) is 22.7. The van der Waals surface area contributed by atoms with E-state index >= 15 is 0 Å². The molecule has 0 N–H and O–H groups in total. The van der Waals surface area contributed by atoms with Crippen LogP contribution in [-0.2, 0) is 28.6 Å². The van der Waals surface area contributed by atoms with Crippen molar-refractivity contribution in [2.45, 2.75) is 329 Å². The van der Waals surface area contributed by atoms with Gasteiger partial charge in [-0.1, -0.05) is 290 Å². The number of rotatable bonds is 62. The van der Waals surface area contributed by atoms with E-state index in [-0.39, 0.29) is 31.1 Å². The summed E-state index contributed by atoms with van der Waals surface area (Å²) in [6.07, 6.45) is 96.3. The van der Waals surface area contributed by atoms with Gasteiger partial charge in [0.2, 0.25) is 0 Å². The number of esters is 3. The number of ether oxygens (including phenoxy) is 3. The summed E-state index contributed by atoms with van der Waals surface area (Å²) in [5, 5.41) is 0. The molecule has 0 saturated carbocycles. The van der Waals surface area contributed by atoms with Crippen molar-refractivity contribution in [3.63, 3.8) is 0 Å². The summed E-state index contributed by atoms with van der Waals surface area (Å²) in [7, 11) is 0. The molecule has 0 aromatic rings. The summed E-state index contributed by atoms with van der Waals surface area (Å²) in [5.41, 5.74) is 0. The van der Waals surface area contributed by atoms with Gasteiger partial charge in [-0.2, -0.15) is 0 Å². The molecule has 0 heterocycles. The lowest BCUT2D eigenvalue weighted by molar-refractivity contribution is -0.167. The van der Waals surface area contributed by atoms with Gasteiger partial charge in [0.25, 0.3) is 0 Å². The molecule has 0 saturated heterocycles. The largest absolute Gasteiger partial charge is 0.462 e. The molecule has 1 unspecified atom stereocenters. The molecule has 6 nitrogen and oxygen atoms in total. The molecular formula is C76H128O6. The van der Waals surface area contributed by atoms with Crippen LogP contribution in [0.1, 0.15) is 323 Å². The Kier molecular flexibility index (Phi) is 65.8. The number of unbranched alkanes of at least 4 members (excludes halogenated alkanes) is 31. The third-order valence-corrected chi connectivity index (χ3v) is 14.7. The van der Waals surface area contributed by atoms with Crippen molar-refractivity contribution in [1.82, 2.24) is 0 Å².